The lowest BCUT2D eigenvalue weighted by Crippen LogP contribution is -2.67. The number of nitrogens with one attached hydrogen (secondary N) is 1. The number of carboxylic acid groups (broad SMARTS) is 1. The van der Waals surface area contributed by atoms with Crippen LogP contribution in [-0.4, -0.2) is 80.3 Å². The molecule has 6 N–H and O–H groups in total. The molecule has 1 amide bonds. The van der Waals surface area contributed by atoms with Crippen LogP contribution in [0.2, 0.25) is 0 Å². The summed E-state index contributed by atoms with van der Waals surface area (Å²) in [7, 11) is 0. The number of aliphatic hydroxyl groups is 4. The molecule has 6 atom stereocenters. The number of ether oxygens (including phenoxy) is 2. The third kappa shape index (κ3) is 5.04. The Hall–Kier alpha value is -2.08. The zero-order chi connectivity index (χ0) is 23.4. The van der Waals surface area contributed by atoms with Crippen molar-refractivity contribution in [3.05, 3.63) is 35.9 Å². The average Bonchev–Trinajstić information content (AvgIpc) is 2.72. The first kappa shape index (κ1) is 18.0. The summed E-state index contributed by atoms with van der Waals surface area (Å²) in [6.45, 7) is -4.31. The first-order valence-electron chi connectivity index (χ1n) is 9.96. The Bertz CT molecular complexity index is 763. The maximum atomic E-state index is 12.0. The van der Waals surface area contributed by atoms with Crippen LogP contribution in [0.3, 0.4) is 0 Å². The third-order valence-electron chi connectivity index (χ3n) is 4.43. The van der Waals surface area contributed by atoms with E-state index in [4.69, 9.17) is 18.7 Å². The van der Waals surface area contributed by atoms with Gasteiger partial charge in [-0.15, -0.1) is 0 Å². The lowest BCUT2D eigenvalue weighted by molar-refractivity contribution is -0.314. The van der Waals surface area contributed by atoms with E-state index in [9.17, 15) is 30.0 Å². The van der Waals surface area contributed by atoms with Gasteiger partial charge in [0, 0.05) is 17.4 Å². The predicted octanol–water partition coefficient (Wildman–Crippen LogP) is -1.65. The highest BCUT2D eigenvalue weighted by Gasteiger charge is 2.55. The SMILES string of the molecule is [2H]C([2H])([2H])C(=O)N[C@H]1[C@H]([C@H](O)[C@H](O)CO)O[C@@](OCc2ccccc2)(C(=O)O)C[C@@H]1O. The maximum absolute atomic E-state index is 12.0. The lowest BCUT2D eigenvalue weighted by atomic mass is 9.88. The van der Waals surface area contributed by atoms with Crippen molar-refractivity contribution in [1.29, 1.82) is 0 Å². The zero-order valence-corrected chi connectivity index (χ0v) is 14.8. The summed E-state index contributed by atoms with van der Waals surface area (Å²) in [6.07, 6.45) is -8.13. The molecule has 1 aliphatic heterocycles. The van der Waals surface area contributed by atoms with Crippen molar-refractivity contribution in [2.75, 3.05) is 6.61 Å². The van der Waals surface area contributed by atoms with Crippen LogP contribution >= 0.6 is 0 Å². The largest absolute Gasteiger partial charge is 0.477 e. The van der Waals surface area contributed by atoms with E-state index in [1.165, 1.54) is 0 Å². The van der Waals surface area contributed by atoms with Crippen molar-refractivity contribution in [1.82, 2.24) is 5.32 Å². The van der Waals surface area contributed by atoms with Gasteiger partial charge >= 0.3 is 5.97 Å². The molecule has 10 heteroatoms. The number of hydrogen-bond acceptors (Lipinski definition) is 8. The Morgan fingerprint density at radius 2 is 2.07 bits per heavy atom. The Morgan fingerprint density at radius 3 is 2.64 bits per heavy atom. The molecule has 2 rings (SSSR count). The number of aliphatic carboxylic acids is 1. The average molecular weight is 402 g/mol. The van der Waals surface area contributed by atoms with Crippen molar-refractivity contribution >= 4 is 11.9 Å². The van der Waals surface area contributed by atoms with Gasteiger partial charge in [-0.1, -0.05) is 30.3 Å². The quantitative estimate of drug-likeness (QED) is 0.299. The summed E-state index contributed by atoms with van der Waals surface area (Å²) < 4.78 is 32.3. The van der Waals surface area contributed by atoms with Crippen LogP contribution in [0.1, 0.15) is 22.9 Å². The molecule has 1 aromatic carbocycles. The Labute approximate surface area is 165 Å². The van der Waals surface area contributed by atoms with E-state index >= 15 is 0 Å². The second-order valence-electron chi connectivity index (χ2n) is 6.43. The molecule has 1 aromatic rings. The summed E-state index contributed by atoms with van der Waals surface area (Å²) >= 11 is 0. The van der Waals surface area contributed by atoms with Crippen LogP contribution in [0, 0.1) is 0 Å². The normalized spacial score (nSPS) is 31.7. The zero-order valence-electron chi connectivity index (χ0n) is 17.8. The molecule has 0 saturated carbocycles. The summed E-state index contributed by atoms with van der Waals surface area (Å²) in [5, 5.41) is 51.6. The number of amides is 1. The van der Waals surface area contributed by atoms with Crippen molar-refractivity contribution in [2.24, 2.45) is 0 Å². The van der Waals surface area contributed by atoms with Crippen LogP contribution in [0.25, 0.3) is 0 Å². The van der Waals surface area contributed by atoms with Crippen LogP contribution in [0.4, 0.5) is 0 Å². The summed E-state index contributed by atoms with van der Waals surface area (Å²) in [5.74, 6) is -5.63. The minimum atomic E-state index is -3.10. The number of rotatable bonds is 8. The van der Waals surface area contributed by atoms with Gasteiger partial charge in [-0.05, 0) is 5.56 Å². The van der Waals surface area contributed by atoms with Gasteiger partial charge in [0.25, 0.3) is 5.79 Å². The molecule has 1 heterocycles. The summed E-state index contributed by atoms with van der Waals surface area (Å²) in [5.41, 5.74) is 0.575. The van der Waals surface area contributed by atoms with E-state index in [1.807, 2.05) is 5.32 Å². The number of aliphatic hydroxyl groups excluding tert-OH is 4. The van der Waals surface area contributed by atoms with Gasteiger partial charge in [0.2, 0.25) is 5.91 Å². The van der Waals surface area contributed by atoms with Crippen molar-refractivity contribution in [3.8, 4) is 0 Å². The lowest BCUT2D eigenvalue weighted by Gasteiger charge is -2.46. The van der Waals surface area contributed by atoms with Gasteiger partial charge in [0.1, 0.15) is 18.3 Å². The van der Waals surface area contributed by atoms with Gasteiger partial charge in [-0.3, -0.25) is 4.79 Å². The molecule has 0 unspecified atom stereocenters. The molecule has 0 radical (unpaired) electrons. The second-order valence-corrected chi connectivity index (χ2v) is 6.43. The first-order chi connectivity index (χ1) is 14.4. The smallest absolute Gasteiger partial charge is 0.364 e. The van der Waals surface area contributed by atoms with Gasteiger partial charge in [0.05, 0.1) is 25.4 Å². The van der Waals surface area contributed by atoms with E-state index in [0.29, 0.717) is 5.56 Å². The number of carbonyl (C=O) groups excluding carboxylic acids is 1. The fourth-order valence-corrected chi connectivity index (χ4v) is 2.97. The molecule has 156 valence electrons. The second kappa shape index (κ2) is 9.41. The Balaban J connectivity index is 2.34. The van der Waals surface area contributed by atoms with E-state index in [0.717, 1.165) is 0 Å². The fourth-order valence-electron chi connectivity index (χ4n) is 2.97. The first-order valence-corrected chi connectivity index (χ1v) is 8.46. The van der Waals surface area contributed by atoms with Gasteiger partial charge in [0.15, 0.2) is 0 Å². The van der Waals surface area contributed by atoms with Gasteiger partial charge < -0.3 is 40.3 Å². The molecule has 1 fully saturated rings. The third-order valence-corrected chi connectivity index (χ3v) is 4.43. The molecule has 1 aliphatic rings. The minimum absolute atomic E-state index is 0.252. The van der Waals surface area contributed by atoms with E-state index < -0.39 is 68.0 Å². The van der Waals surface area contributed by atoms with E-state index in [1.54, 1.807) is 30.3 Å². The fraction of sp³-hybridized carbons (Fsp3) is 0.556. The van der Waals surface area contributed by atoms with Crippen molar-refractivity contribution < 1.29 is 48.7 Å². The van der Waals surface area contributed by atoms with E-state index in [-0.39, 0.29) is 6.61 Å². The highest BCUT2D eigenvalue weighted by molar-refractivity contribution is 5.76. The van der Waals surface area contributed by atoms with Crippen LogP contribution in [0.5, 0.6) is 0 Å². The van der Waals surface area contributed by atoms with E-state index in [2.05, 4.69) is 0 Å². The molecule has 0 aliphatic carbocycles. The summed E-state index contributed by atoms with van der Waals surface area (Å²) in [4.78, 5) is 23.9. The number of hydrogen-bond donors (Lipinski definition) is 6. The highest BCUT2D eigenvalue weighted by atomic mass is 16.7. The monoisotopic (exact) mass is 402 g/mol. The molecule has 10 nitrogen and oxygen atoms in total. The minimum Gasteiger partial charge on any atom is -0.477 e. The standard InChI is InChI=1S/C18H25NO9/c1-10(21)19-14-12(22)7-18(17(25)26,27-9-11-5-3-2-4-6-11)28-16(14)15(24)13(23)8-20/h2-6,12-16,20,22-24H,7-9H2,1H3,(H,19,21)(H,25,26)/t12-,13+,14+,15+,16+,18+/m0/s1/i1D3. The number of carbonyl (C=O) groups is 2. The topological polar surface area (TPSA) is 166 Å². The molecule has 1 saturated heterocycles. The number of carboxylic acids is 1. The van der Waals surface area contributed by atoms with Crippen LogP contribution in [-0.2, 0) is 25.7 Å². The van der Waals surface area contributed by atoms with Crippen LogP contribution < -0.4 is 5.32 Å². The van der Waals surface area contributed by atoms with Gasteiger partial charge in [-0.25, -0.2) is 4.79 Å². The number of benzene rings is 1. The molecule has 0 aromatic heterocycles. The molecule has 0 bridgehead atoms. The molecule has 28 heavy (non-hydrogen) atoms. The van der Waals surface area contributed by atoms with Gasteiger partial charge in [-0.2, -0.15) is 0 Å². The molecular weight excluding hydrogens is 374 g/mol. The van der Waals surface area contributed by atoms with Crippen molar-refractivity contribution in [3.63, 3.8) is 0 Å². The Kier molecular flexibility index (Phi) is 6.04. The molecule has 0 spiro atoms. The van der Waals surface area contributed by atoms with Crippen LogP contribution in [0.15, 0.2) is 30.3 Å². The van der Waals surface area contributed by atoms with Crippen molar-refractivity contribution in [2.45, 2.75) is 56.1 Å². The Morgan fingerprint density at radius 1 is 1.39 bits per heavy atom. The predicted molar refractivity (Wildman–Crippen MR) is 93.8 cm³/mol. The molecular formula is C18H25NO9. The summed E-state index contributed by atoms with van der Waals surface area (Å²) in [6, 6.07) is 6.79. The maximum Gasteiger partial charge on any atom is 0.364 e. The highest BCUT2D eigenvalue weighted by Crippen LogP contribution is 2.34.